The Balaban J connectivity index is 1.45. The van der Waals surface area contributed by atoms with Crippen molar-refractivity contribution in [3.63, 3.8) is 0 Å². The number of aromatic amines is 1. The van der Waals surface area contributed by atoms with E-state index >= 15 is 0 Å². The van der Waals surface area contributed by atoms with E-state index in [0.717, 1.165) is 34.1 Å². The first-order valence-corrected chi connectivity index (χ1v) is 9.90. The minimum Gasteiger partial charge on any atom is -0.338 e. The van der Waals surface area contributed by atoms with E-state index in [-0.39, 0.29) is 17.3 Å². The smallest absolute Gasteiger partial charge is 0.265 e. The van der Waals surface area contributed by atoms with Crippen molar-refractivity contribution >= 4 is 44.2 Å². The van der Waals surface area contributed by atoms with Gasteiger partial charge in [0.1, 0.15) is 22.3 Å². The van der Waals surface area contributed by atoms with Gasteiger partial charge in [0.2, 0.25) is 0 Å². The van der Waals surface area contributed by atoms with E-state index in [0.29, 0.717) is 21.6 Å². The number of fused-ring (bicyclic) bond motifs is 2. The lowest BCUT2D eigenvalue weighted by Crippen LogP contribution is -2.10. The van der Waals surface area contributed by atoms with E-state index < -0.39 is 11.6 Å². The van der Waals surface area contributed by atoms with Crippen molar-refractivity contribution in [2.45, 2.75) is 6.92 Å². The Morgan fingerprint density at radius 3 is 2.80 bits per heavy atom. The number of aryl methyl sites for hydroxylation is 2. The van der Waals surface area contributed by atoms with Gasteiger partial charge in [-0.25, -0.2) is 13.8 Å². The van der Waals surface area contributed by atoms with Crippen LogP contribution in [0.3, 0.4) is 0 Å². The number of aromatic nitrogens is 4. The Hall–Kier alpha value is -3.59. The highest BCUT2D eigenvalue weighted by atomic mass is 32.1. The van der Waals surface area contributed by atoms with E-state index in [1.54, 1.807) is 22.9 Å². The molecule has 0 radical (unpaired) electrons. The second-order valence-corrected chi connectivity index (χ2v) is 7.96. The molecule has 0 saturated heterocycles. The maximum absolute atomic E-state index is 14.1. The molecular weight excluding hydrogens is 408 g/mol. The van der Waals surface area contributed by atoms with Gasteiger partial charge in [-0.05, 0) is 49.4 Å². The molecule has 0 fully saturated rings. The third kappa shape index (κ3) is 3.03. The zero-order valence-electron chi connectivity index (χ0n) is 16.0. The van der Waals surface area contributed by atoms with Crippen LogP contribution < -0.4 is 5.32 Å². The summed E-state index contributed by atoms with van der Waals surface area (Å²) in [6, 6.07) is 10.2. The molecule has 0 aliphatic heterocycles. The van der Waals surface area contributed by atoms with Gasteiger partial charge in [0.05, 0.1) is 27.2 Å². The fourth-order valence-corrected chi connectivity index (χ4v) is 4.42. The van der Waals surface area contributed by atoms with Gasteiger partial charge < -0.3 is 10.3 Å². The first-order valence-electron chi connectivity index (χ1n) is 9.09. The van der Waals surface area contributed by atoms with Crippen LogP contribution in [0.25, 0.3) is 32.6 Å². The molecule has 1 amide bonds. The highest BCUT2D eigenvalue weighted by Gasteiger charge is 2.16. The number of carbonyl (C=O) groups excluding carboxylic acids is 1. The standard InChI is InChI=1S/C21H15F2N5OS/c1-10-13-9-18(30-21(13)28(2)27-10)20(29)24-12-4-6-16-17(8-12)26-19(25-16)14-7-11(22)3-5-15(14)23/h3-9H,1-2H3,(H,24,29)(H,25,26). The molecule has 0 bridgehead atoms. The molecule has 0 saturated carbocycles. The molecule has 3 aromatic heterocycles. The predicted octanol–water partition coefficient (Wildman–Crippen LogP) is 5.02. The summed E-state index contributed by atoms with van der Waals surface area (Å²) in [5, 5.41) is 8.17. The number of hydrogen-bond donors (Lipinski definition) is 2. The van der Waals surface area contributed by atoms with Crippen LogP contribution in [0.15, 0.2) is 42.5 Å². The zero-order valence-corrected chi connectivity index (χ0v) is 16.8. The Morgan fingerprint density at radius 1 is 1.17 bits per heavy atom. The highest BCUT2D eigenvalue weighted by Crippen LogP contribution is 2.29. The van der Waals surface area contributed by atoms with E-state index in [1.165, 1.54) is 11.3 Å². The van der Waals surface area contributed by atoms with Crippen molar-refractivity contribution in [2.24, 2.45) is 7.05 Å². The molecule has 9 heteroatoms. The molecule has 0 aliphatic carbocycles. The molecule has 5 aromatic rings. The predicted molar refractivity (Wildman–Crippen MR) is 113 cm³/mol. The van der Waals surface area contributed by atoms with Gasteiger partial charge in [-0.2, -0.15) is 5.10 Å². The number of anilines is 1. The van der Waals surface area contributed by atoms with E-state index in [9.17, 15) is 13.6 Å². The minimum atomic E-state index is -0.571. The Kier molecular flexibility index (Phi) is 4.14. The highest BCUT2D eigenvalue weighted by molar-refractivity contribution is 7.20. The molecule has 6 nitrogen and oxygen atoms in total. The number of thiophene rings is 1. The van der Waals surface area contributed by atoms with Gasteiger partial charge in [0, 0.05) is 18.1 Å². The fraction of sp³-hybridized carbons (Fsp3) is 0.0952. The van der Waals surface area contributed by atoms with Crippen LogP contribution in [0.2, 0.25) is 0 Å². The number of carbonyl (C=O) groups is 1. The van der Waals surface area contributed by atoms with Crippen molar-refractivity contribution < 1.29 is 13.6 Å². The minimum absolute atomic E-state index is 0.0473. The molecule has 2 N–H and O–H groups in total. The molecular formula is C21H15F2N5OS. The molecule has 3 heterocycles. The van der Waals surface area contributed by atoms with E-state index in [1.807, 2.05) is 20.0 Å². The molecule has 0 atom stereocenters. The summed E-state index contributed by atoms with van der Waals surface area (Å²) in [5.74, 6) is -1.13. The SMILES string of the molecule is Cc1nn(C)c2sc(C(=O)Nc3ccc4nc(-c5cc(F)ccc5F)[nH]c4c3)cc12. The fourth-order valence-electron chi connectivity index (χ4n) is 3.40. The van der Waals surface area contributed by atoms with Gasteiger partial charge in [-0.3, -0.25) is 9.48 Å². The third-order valence-electron chi connectivity index (χ3n) is 4.84. The van der Waals surface area contributed by atoms with Crippen molar-refractivity contribution in [1.82, 2.24) is 19.7 Å². The van der Waals surface area contributed by atoms with Gasteiger partial charge in [-0.1, -0.05) is 0 Å². The summed E-state index contributed by atoms with van der Waals surface area (Å²) in [7, 11) is 1.85. The number of halogens is 2. The monoisotopic (exact) mass is 423 g/mol. The second kappa shape index (κ2) is 6.74. The summed E-state index contributed by atoms with van der Waals surface area (Å²) in [6.07, 6.45) is 0. The van der Waals surface area contributed by atoms with Gasteiger partial charge in [-0.15, -0.1) is 11.3 Å². The first-order chi connectivity index (χ1) is 14.4. The van der Waals surface area contributed by atoms with Crippen LogP contribution in [-0.4, -0.2) is 25.7 Å². The number of amides is 1. The van der Waals surface area contributed by atoms with Crippen molar-refractivity contribution in [2.75, 3.05) is 5.32 Å². The van der Waals surface area contributed by atoms with Crippen LogP contribution in [0.1, 0.15) is 15.4 Å². The largest absolute Gasteiger partial charge is 0.338 e. The number of H-pyrrole nitrogens is 1. The number of nitrogens with zero attached hydrogens (tertiary/aromatic N) is 3. The van der Waals surface area contributed by atoms with Crippen LogP contribution in [0.4, 0.5) is 14.5 Å². The Morgan fingerprint density at radius 2 is 2.00 bits per heavy atom. The zero-order chi connectivity index (χ0) is 21.0. The summed E-state index contributed by atoms with van der Waals surface area (Å²) < 4.78 is 29.3. The quantitative estimate of drug-likeness (QED) is 0.428. The molecule has 5 rings (SSSR count). The van der Waals surface area contributed by atoms with Gasteiger partial charge >= 0.3 is 0 Å². The second-order valence-electron chi connectivity index (χ2n) is 6.93. The summed E-state index contributed by atoms with van der Waals surface area (Å²) in [5.41, 5.74) is 2.66. The van der Waals surface area contributed by atoms with Crippen molar-refractivity contribution in [1.29, 1.82) is 0 Å². The lowest BCUT2D eigenvalue weighted by Gasteiger charge is -2.03. The average Bonchev–Trinajstić information content (AvgIpc) is 3.39. The number of rotatable bonds is 3. The average molecular weight is 423 g/mol. The van der Waals surface area contributed by atoms with E-state index in [4.69, 9.17) is 0 Å². The molecule has 0 aliphatic rings. The maximum Gasteiger partial charge on any atom is 0.265 e. The molecule has 0 unspecified atom stereocenters. The van der Waals surface area contributed by atoms with Crippen molar-refractivity contribution in [3.8, 4) is 11.4 Å². The summed E-state index contributed by atoms with van der Waals surface area (Å²) in [4.78, 5) is 21.5. The number of hydrogen-bond acceptors (Lipinski definition) is 4. The molecule has 150 valence electrons. The molecule has 2 aromatic carbocycles. The van der Waals surface area contributed by atoms with Crippen LogP contribution >= 0.6 is 11.3 Å². The molecule has 0 spiro atoms. The number of nitrogens with one attached hydrogen (secondary N) is 2. The van der Waals surface area contributed by atoms with Crippen LogP contribution in [0.5, 0.6) is 0 Å². The van der Waals surface area contributed by atoms with Crippen LogP contribution in [-0.2, 0) is 7.05 Å². The number of benzene rings is 2. The summed E-state index contributed by atoms with van der Waals surface area (Å²) in [6.45, 7) is 1.90. The van der Waals surface area contributed by atoms with Gasteiger partial charge in [0.15, 0.2) is 0 Å². The van der Waals surface area contributed by atoms with Crippen LogP contribution in [0, 0.1) is 18.6 Å². The first kappa shape index (κ1) is 18.4. The third-order valence-corrected chi connectivity index (χ3v) is 6.04. The Labute approximate surface area is 173 Å². The van der Waals surface area contributed by atoms with Gasteiger partial charge in [0.25, 0.3) is 5.91 Å². The number of imidazole rings is 1. The topological polar surface area (TPSA) is 75.6 Å². The summed E-state index contributed by atoms with van der Waals surface area (Å²) >= 11 is 1.37. The lowest BCUT2D eigenvalue weighted by molar-refractivity contribution is 0.103. The van der Waals surface area contributed by atoms with Crippen molar-refractivity contribution in [3.05, 3.63) is 64.7 Å². The normalized spacial score (nSPS) is 11.5. The van der Waals surface area contributed by atoms with E-state index in [2.05, 4.69) is 20.4 Å². The molecule has 30 heavy (non-hydrogen) atoms. The maximum atomic E-state index is 14.1. The lowest BCUT2D eigenvalue weighted by atomic mass is 10.2. The Bertz CT molecular complexity index is 1410.